The van der Waals surface area contributed by atoms with Gasteiger partial charge in [0.05, 0.1) is 5.51 Å². The maximum atomic E-state index is 12.1. The van der Waals surface area contributed by atoms with E-state index >= 15 is 0 Å². The number of hydrogen-bond acceptors (Lipinski definition) is 5. The molecule has 2 N–H and O–H groups in total. The van der Waals surface area contributed by atoms with Crippen molar-refractivity contribution in [1.29, 1.82) is 0 Å². The van der Waals surface area contributed by atoms with Crippen molar-refractivity contribution in [2.45, 2.75) is 13.5 Å². The van der Waals surface area contributed by atoms with E-state index < -0.39 is 11.8 Å². The minimum absolute atomic E-state index is 0.255. The molecule has 0 radical (unpaired) electrons. The van der Waals surface area contributed by atoms with Crippen LogP contribution in [-0.4, -0.2) is 16.8 Å². The SMILES string of the molecule is Cc1cc(OCc2ccc(C(=O)NNC(=O)c3cscn3)cc2)ccc1Cl. The Kier molecular flexibility index (Phi) is 6.05. The second-order valence-corrected chi connectivity index (χ2v) is 6.80. The third-order valence-electron chi connectivity index (χ3n) is 3.71. The number of amides is 2. The van der Waals surface area contributed by atoms with E-state index in [2.05, 4.69) is 15.8 Å². The van der Waals surface area contributed by atoms with Crippen LogP contribution in [0.3, 0.4) is 0 Å². The lowest BCUT2D eigenvalue weighted by Crippen LogP contribution is -2.41. The van der Waals surface area contributed by atoms with Crippen molar-refractivity contribution in [2.24, 2.45) is 0 Å². The summed E-state index contributed by atoms with van der Waals surface area (Å²) in [5.74, 6) is -0.157. The highest BCUT2D eigenvalue weighted by Crippen LogP contribution is 2.21. The normalized spacial score (nSPS) is 10.3. The average Bonchev–Trinajstić information content (AvgIpc) is 3.22. The predicted octanol–water partition coefficient (Wildman–Crippen LogP) is 3.76. The molecule has 0 saturated heterocycles. The molecule has 0 aliphatic rings. The molecular weight excluding hydrogens is 386 g/mol. The summed E-state index contributed by atoms with van der Waals surface area (Å²) in [6.45, 7) is 2.28. The molecule has 1 heterocycles. The van der Waals surface area contributed by atoms with Gasteiger partial charge in [-0.1, -0.05) is 23.7 Å². The van der Waals surface area contributed by atoms with E-state index in [1.54, 1.807) is 41.2 Å². The van der Waals surface area contributed by atoms with Gasteiger partial charge in [-0.2, -0.15) is 0 Å². The summed E-state index contributed by atoms with van der Waals surface area (Å²) in [5.41, 5.74) is 8.75. The van der Waals surface area contributed by atoms with Crippen LogP contribution in [-0.2, 0) is 6.61 Å². The molecule has 0 aliphatic carbocycles. The Hall–Kier alpha value is -2.90. The van der Waals surface area contributed by atoms with Gasteiger partial charge in [0.15, 0.2) is 0 Å². The number of aromatic nitrogens is 1. The lowest BCUT2D eigenvalue weighted by atomic mass is 10.1. The number of benzene rings is 2. The molecule has 0 fully saturated rings. The number of hydrazine groups is 1. The molecule has 2 aromatic carbocycles. The Morgan fingerprint density at radius 2 is 1.85 bits per heavy atom. The first kappa shape index (κ1) is 18.9. The van der Waals surface area contributed by atoms with Crippen LogP contribution in [0.5, 0.6) is 5.75 Å². The number of carbonyl (C=O) groups excluding carboxylic acids is 2. The first-order valence-electron chi connectivity index (χ1n) is 7.99. The summed E-state index contributed by atoms with van der Waals surface area (Å²) >= 11 is 7.30. The average molecular weight is 402 g/mol. The topological polar surface area (TPSA) is 80.3 Å². The second-order valence-electron chi connectivity index (χ2n) is 5.68. The van der Waals surface area contributed by atoms with Crippen LogP contribution in [0, 0.1) is 6.92 Å². The lowest BCUT2D eigenvalue weighted by molar-refractivity contribution is 0.0844. The Bertz CT molecular complexity index is 943. The molecule has 2 amide bonds. The van der Waals surface area contributed by atoms with Gasteiger partial charge in [0.2, 0.25) is 0 Å². The van der Waals surface area contributed by atoms with E-state index in [0.29, 0.717) is 17.2 Å². The van der Waals surface area contributed by atoms with E-state index in [1.807, 2.05) is 19.1 Å². The number of halogens is 1. The third kappa shape index (κ3) is 5.06. The molecule has 0 aliphatic heterocycles. The monoisotopic (exact) mass is 401 g/mol. The zero-order valence-corrected chi connectivity index (χ0v) is 15.9. The zero-order chi connectivity index (χ0) is 19.2. The van der Waals surface area contributed by atoms with Crippen molar-refractivity contribution >= 4 is 34.8 Å². The smallest absolute Gasteiger partial charge is 0.289 e. The highest BCUT2D eigenvalue weighted by atomic mass is 35.5. The van der Waals surface area contributed by atoms with Crippen molar-refractivity contribution in [3.05, 3.63) is 80.8 Å². The molecule has 3 aromatic rings. The van der Waals surface area contributed by atoms with Gasteiger partial charge in [0.1, 0.15) is 18.1 Å². The quantitative estimate of drug-likeness (QED) is 0.638. The molecule has 3 rings (SSSR count). The number of carbonyl (C=O) groups is 2. The van der Waals surface area contributed by atoms with Gasteiger partial charge in [-0.25, -0.2) is 4.98 Å². The third-order valence-corrected chi connectivity index (χ3v) is 4.72. The highest BCUT2D eigenvalue weighted by Gasteiger charge is 2.10. The molecule has 0 saturated carbocycles. The Morgan fingerprint density at radius 3 is 2.52 bits per heavy atom. The minimum atomic E-state index is -0.465. The molecule has 8 heteroatoms. The molecule has 1 aromatic heterocycles. The van der Waals surface area contributed by atoms with Crippen LogP contribution in [0.2, 0.25) is 5.02 Å². The van der Waals surface area contributed by atoms with Crippen molar-refractivity contribution in [3.63, 3.8) is 0 Å². The van der Waals surface area contributed by atoms with E-state index in [9.17, 15) is 9.59 Å². The summed E-state index contributed by atoms with van der Waals surface area (Å²) in [5, 5.41) is 2.29. The fourth-order valence-electron chi connectivity index (χ4n) is 2.20. The summed E-state index contributed by atoms with van der Waals surface area (Å²) in [7, 11) is 0. The fraction of sp³-hybridized carbons (Fsp3) is 0.105. The van der Waals surface area contributed by atoms with Crippen LogP contribution in [0.4, 0.5) is 0 Å². The van der Waals surface area contributed by atoms with Gasteiger partial charge >= 0.3 is 0 Å². The Labute approximate surface area is 165 Å². The first-order chi connectivity index (χ1) is 13.0. The number of thiazole rings is 1. The van der Waals surface area contributed by atoms with Crippen molar-refractivity contribution in [1.82, 2.24) is 15.8 Å². The Morgan fingerprint density at radius 1 is 1.11 bits per heavy atom. The molecule has 6 nitrogen and oxygen atoms in total. The number of hydrogen-bond donors (Lipinski definition) is 2. The van der Waals surface area contributed by atoms with Crippen molar-refractivity contribution in [3.8, 4) is 5.75 Å². The molecule has 0 spiro atoms. The molecule has 0 bridgehead atoms. The van der Waals surface area contributed by atoms with E-state index in [4.69, 9.17) is 16.3 Å². The van der Waals surface area contributed by atoms with Crippen LogP contribution < -0.4 is 15.6 Å². The van der Waals surface area contributed by atoms with Crippen LogP contribution >= 0.6 is 22.9 Å². The minimum Gasteiger partial charge on any atom is -0.489 e. The molecule has 27 heavy (non-hydrogen) atoms. The van der Waals surface area contributed by atoms with Gasteiger partial charge in [-0.15, -0.1) is 11.3 Å². The van der Waals surface area contributed by atoms with E-state index in [1.165, 1.54) is 11.3 Å². The van der Waals surface area contributed by atoms with Gasteiger partial charge in [-0.05, 0) is 48.4 Å². The molecule has 0 atom stereocenters. The van der Waals surface area contributed by atoms with Gasteiger partial charge in [0, 0.05) is 16.0 Å². The molecule has 0 unspecified atom stereocenters. The van der Waals surface area contributed by atoms with Gasteiger partial charge in [0.25, 0.3) is 11.8 Å². The van der Waals surface area contributed by atoms with Crippen LogP contribution in [0.15, 0.2) is 53.4 Å². The number of rotatable bonds is 5. The second kappa shape index (κ2) is 8.66. The summed E-state index contributed by atoms with van der Waals surface area (Å²) in [6.07, 6.45) is 0. The zero-order valence-electron chi connectivity index (χ0n) is 14.4. The summed E-state index contributed by atoms with van der Waals surface area (Å²) in [6, 6.07) is 12.4. The summed E-state index contributed by atoms with van der Waals surface area (Å²) in [4.78, 5) is 27.7. The number of aryl methyl sites for hydroxylation is 1. The van der Waals surface area contributed by atoms with Crippen molar-refractivity contribution in [2.75, 3.05) is 0 Å². The maximum absolute atomic E-state index is 12.1. The highest BCUT2D eigenvalue weighted by molar-refractivity contribution is 7.07. The van der Waals surface area contributed by atoms with Crippen molar-refractivity contribution < 1.29 is 14.3 Å². The standard InChI is InChI=1S/C19H16ClN3O3S/c1-12-8-15(6-7-16(12)20)26-9-13-2-4-14(5-3-13)18(24)22-23-19(25)17-10-27-11-21-17/h2-8,10-11H,9H2,1H3,(H,22,24)(H,23,25). The van der Waals surface area contributed by atoms with Gasteiger partial charge in [-0.3, -0.25) is 20.4 Å². The van der Waals surface area contributed by atoms with Gasteiger partial charge < -0.3 is 4.74 Å². The number of nitrogens with one attached hydrogen (secondary N) is 2. The summed E-state index contributed by atoms with van der Waals surface area (Å²) < 4.78 is 5.73. The number of nitrogens with zero attached hydrogens (tertiary/aromatic N) is 1. The van der Waals surface area contributed by atoms with Crippen LogP contribution in [0.1, 0.15) is 32.0 Å². The first-order valence-corrected chi connectivity index (χ1v) is 9.32. The molecular formula is C19H16ClN3O3S. The Balaban J connectivity index is 1.52. The van der Waals surface area contributed by atoms with E-state index in [0.717, 1.165) is 16.9 Å². The fourth-order valence-corrected chi connectivity index (χ4v) is 2.85. The maximum Gasteiger partial charge on any atom is 0.289 e. The van der Waals surface area contributed by atoms with Crippen LogP contribution in [0.25, 0.3) is 0 Å². The molecule has 138 valence electrons. The largest absolute Gasteiger partial charge is 0.489 e. The predicted molar refractivity (Wildman–Crippen MR) is 104 cm³/mol. The van der Waals surface area contributed by atoms with E-state index in [-0.39, 0.29) is 5.69 Å². The lowest BCUT2D eigenvalue weighted by Gasteiger charge is -2.09. The number of ether oxygens (including phenoxy) is 1.